The third kappa shape index (κ3) is 3.87. The van der Waals surface area contributed by atoms with Gasteiger partial charge < -0.3 is 4.57 Å². The fourth-order valence-corrected chi connectivity index (χ4v) is 4.96. The fraction of sp³-hybridized carbons (Fsp3) is 0.194. The van der Waals surface area contributed by atoms with Gasteiger partial charge in [0.05, 0.1) is 17.0 Å². The summed E-state index contributed by atoms with van der Waals surface area (Å²) in [7, 11) is 0. The molecule has 4 aromatic carbocycles. The Balaban J connectivity index is 1.77. The Hall–Kier alpha value is -3.65. The van der Waals surface area contributed by atoms with E-state index in [2.05, 4.69) is 123 Å². The highest BCUT2D eigenvalue weighted by Gasteiger charge is 2.24. The van der Waals surface area contributed by atoms with Crippen LogP contribution in [0.3, 0.4) is 0 Å². The second-order valence-corrected chi connectivity index (χ2v) is 9.04. The SMILES string of the molecule is Cc1cc(C)c(C)c(Cn2c(C(c3ccccc3)c3ccccc3)nc3ccccc32)c1C. The average Bonchev–Trinajstić information content (AvgIpc) is 3.20. The Labute approximate surface area is 196 Å². The summed E-state index contributed by atoms with van der Waals surface area (Å²) >= 11 is 0. The molecule has 2 heteroatoms. The van der Waals surface area contributed by atoms with Gasteiger partial charge >= 0.3 is 0 Å². The van der Waals surface area contributed by atoms with Crippen molar-refractivity contribution >= 4 is 11.0 Å². The summed E-state index contributed by atoms with van der Waals surface area (Å²) in [6, 6.07) is 32.3. The van der Waals surface area contributed by atoms with Crippen LogP contribution in [0.2, 0.25) is 0 Å². The molecule has 0 N–H and O–H groups in total. The molecule has 0 aliphatic carbocycles. The monoisotopic (exact) mass is 430 g/mol. The molecule has 0 amide bonds. The van der Waals surface area contributed by atoms with Crippen molar-refractivity contribution in [2.45, 2.75) is 40.2 Å². The minimum atomic E-state index is 0.0614. The lowest BCUT2D eigenvalue weighted by molar-refractivity contribution is 0.717. The zero-order chi connectivity index (χ0) is 22.9. The van der Waals surface area contributed by atoms with Gasteiger partial charge in [-0.15, -0.1) is 0 Å². The first-order valence-corrected chi connectivity index (χ1v) is 11.7. The van der Waals surface area contributed by atoms with Gasteiger partial charge in [0.1, 0.15) is 5.82 Å². The lowest BCUT2D eigenvalue weighted by Crippen LogP contribution is -2.14. The molecule has 1 aromatic heterocycles. The van der Waals surface area contributed by atoms with Gasteiger partial charge in [-0.05, 0) is 78.8 Å². The molecule has 0 saturated carbocycles. The van der Waals surface area contributed by atoms with E-state index in [4.69, 9.17) is 4.98 Å². The Morgan fingerprint density at radius 2 is 1.18 bits per heavy atom. The first-order valence-electron chi connectivity index (χ1n) is 11.7. The van der Waals surface area contributed by atoms with Crippen molar-refractivity contribution in [3.05, 3.63) is 136 Å². The van der Waals surface area contributed by atoms with Crippen molar-refractivity contribution in [1.29, 1.82) is 0 Å². The fourth-order valence-electron chi connectivity index (χ4n) is 4.96. The molecule has 0 bridgehead atoms. The maximum Gasteiger partial charge on any atom is 0.122 e. The first kappa shape index (κ1) is 21.2. The minimum absolute atomic E-state index is 0.0614. The third-order valence-electron chi connectivity index (χ3n) is 7.05. The number of hydrogen-bond donors (Lipinski definition) is 0. The first-order chi connectivity index (χ1) is 16.0. The maximum absolute atomic E-state index is 5.23. The van der Waals surface area contributed by atoms with E-state index in [-0.39, 0.29) is 5.92 Å². The number of imidazole rings is 1. The number of rotatable bonds is 5. The molecule has 33 heavy (non-hydrogen) atoms. The normalized spacial score (nSPS) is 11.4. The predicted molar refractivity (Wildman–Crippen MR) is 138 cm³/mol. The average molecular weight is 431 g/mol. The molecule has 0 atom stereocenters. The van der Waals surface area contributed by atoms with E-state index < -0.39 is 0 Å². The molecule has 0 unspecified atom stereocenters. The third-order valence-corrected chi connectivity index (χ3v) is 7.05. The van der Waals surface area contributed by atoms with Crippen LogP contribution in [0.4, 0.5) is 0 Å². The second-order valence-electron chi connectivity index (χ2n) is 9.04. The standard InChI is InChI=1S/C31H30N2/c1-21-19-22(2)24(4)27(23(21)3)20-33-29-18-12-11-17-28(29)32-31(33)30(25-13-7-5-8-14-25)26-15-9-6-10-16-26/h5-19,30H,20H2,1-4H3. The van der Waals surface area contributed by atoms with Crippen molar-refractivity contribution in [3.8, 4) is 0 Å². The van der Waals surface area contributed by atoms with Gasteiger partial charge in [-0.1, -0.05) is 78.9 Å². The molecular weight excluding hydrogens is 400 g/mol. The number of hydrogen-bond acceptors (Lipinski definition) is 1. The van der Waals surface area contributed by atoms with E-state index in [1.807, 2.05) is 0 Å². The highest BCUT2D eigenvalue weighted by Crippen LogP contribution is 2.35. The molecule has 5 aromatic rings. The van der Waals surface area contributed by atoms with Crippen LogP contribution in [0, 0.1) is 27.7 Å². The van der Waals surface area contributed by atoms with Gasteiger partial charge in [0.2, 0.25) is 0 Å². The van der Waals surface area contributed by atoms with Gasteiger partial charge in [0.15, 0.2) is 0 Å². The lowest BCUT2D eigenvalue weighted by Gasteiger charge is -2.22. The van der Waals surface area contributed by atoms with Crippen LogP contribution in [-0.2, 0) is 6.54 Å². The van der Waals surface area contributed by atoms with E-state index >= 15 is 0 Å². The number of para-hydroxylation sites is 2. The van der Waals surface area contributed by atoms with Crippen molar-refractivity contribution in [2.24, 2.45) is 0 Å². The van der Waals surface area contributed by atoms with Gasteiger partial charge in [0, 0.05) is 6.54 Å². The van der Waals surface area contributed by atoms with E-state index in [1.54, 1.807) is 0 Å². The summed E-state index contributed by atoms with van der Waals surface area (Å²) in [6.45, 7) is 9.75. The zero-order valence-electron chi connectivity index (χ0n) is 19.8. The van der Waals surface area contributed by atoms with Gasteiger partial charge in [-0.25, -0.2) is 4.98 Å². The number of aryl methyl sites for hydroxylation is 2. The van der Waals surface area contributed by atoms with E-state index in [1.165, 1.54) is 44.5 Å². The molecule has 0 aliphatic rings. The second kappa shape index (κ2) is 8.71. The lowest BCUT2D eigenvalue weighted by atomic mass is 9.90. The number of benzene rings is 4. The van der Waals surface area contributed by atoms with Gasteiger partial charge in [-0.2, -0.15) is 0 Å². The van der Waals surface area contributed by atoms with E-state index in [0.717, 1.165) is 17.9 Å². The van der Waals surface area contributed by atoms with Gasteiger partial charge in [0.25, 0.3) is 0 Å². The molecule has 0 fully saturated rings. The molecule has 0 saturated heterocycles. The molecule has 5 rings (SSSR count). The van der Waals surface area contributed by atoms with Crippen LogP contribution in [-0.4, -0.2) is 9.55 Å². The smallest absolute Gasteiger partial charge is 0.122 e. The maximum atomic E-state index is 5.23. The van der Waals surface area contributed by atoms with Crippen LogP contribution in [0.15, 0.2) is 91.0 Å². The topological polar surface area (TPSA) is 17.8 Å². The van der Waals surface area contributed by atoms with Crippen molar-refractivity contribution < 1.29 is 0 Å². The van der Waals surface area contributed by atoms with E-state index in [0.29, 0.717) is 0 Å². The van der Waals surface area contributed by atoms with Gasteiger partial charge in [-0.3, -0.25) is 0 Å². The highest BCUT2D eigenvalue weighted by molar-refractivity contribution is 5.76. The quantitative estimate of drug-likeness (QED) is 0.282. The Kier molecular flexibility index (Phi) is 5.60. The Morgan fingerprint density at radius 1 is 0.667 bits per heavy atom. The zero-order valence-corrected chi connectivity index (χ0v) is 19.8. The molecule has 0 aliphatic heterocycles. The number of nitrogens with zero attached hydrogens (tertiary/aromatic N) is 2. The summed E-state index contributed by atoms with van der Waals surface area (Å²) < 4.78 is 2.44. The number of aromatic nitrogens is 2. The van der Waals surface area contributed by atoms with Crippen LogP contribution in [0.1, 0.15) is 50.7 Å². The largest absolute Gasteiger partial charge is 0.323 e. The van der Waals surface area contributed by atoms with E-state index in [9.17, 15) is 0 Å². The molecule has 2 nitrogen and oxygen atoms in total. The summed E-state index contributed by atoms with van der Waals surface area (Å²) in [4.78, 5) is 5.23. The molecule has 0 spiro atoms. The number of fused-ring (bicyclic) bond motifs is 1. The van der Waals surface area contributed by atoms with Crippen molar-refractivity contribution in [1.82, 2.24) is 9.55 Å². The molecule has 0 radical (unpaired) electrons. The summed E-state index contributed by atoms with van der Waals surface area (Å²) in [5.41, 5.74) is 11.6. The summed E-state index contributed by atoms with van der Waals surface area (Å²) in [6.07, 6.45) is 0. The molecule has 1 heterocycles. The minimum Gasteiger partial charge on any atom is -0.323 e. The highest BCUT2D eigenvalue weighted by atomic mass is 15.1. The Morgan fingerprint density at radius 3 is 1.76 bits per heavy atom. The van der Waals surface area contributed by atoms with Crippen LogP contribution in [0.5, 0.6) is 0 Å². The van der Waals surface area contributed by atoms with Crippen LogP contribution in [0.25, 0.3) is 11.0 Å². The molecular formula is C31H30N2. The van der Waals surface area contributed by atoms with Crippen LogP contribution >= 0.6 is 0 Å². The van der Waals surface area contributed by atoms with Crippen LogP contribution < -0.4 is 0 Å². The Bertz CT molecular complexity index is 1350. The van der Waals surface area contributed by atoms with Crippen molar-refractivity contribution in [3.63, 3.8) is 0 Å². The molecule has 164 valence electrons. The summed E-state index contributed by atoms with van der Waals surface area (Å²) in [5.74, 6) is 1.15. The summed E-state index contributed by atoms with van der Waals surface area (Å²) in [5, 5.41) is 0. The predicted octanol–water partition coefficient (Wildman–Crippen LogP) is 7.50. The van der Waals surface area contributed by atoms with Crippen molar-refractivity contribution in [2.75, 3.05) is 0 Å².